The molecule has 0 saturated carbocycles. The van der Waals surface area contributed by atoms with Crippen molar-refractivity contribution in [3.05, 3.63) is 82.5 Å². The van der Waals surface area contributed by atoms with E-state index in [-0.39, 0.29) is 12.3 Å². The molecular weight excluding hydrogens is 434 g/mol. The van der Waals surface area contributed by atoms with Gasteiger partial charge in [0.1, 0.15) is 17.3 Å². The molecule has 32 heavy (non-hydrogen) atoms. The summed E-state index contributed by atoms with van der Waals surface area (Å²) in [5, 5.41) is 21.8. The molecule has 2 atom stereocenters. The van der Waals surface area contributed by atoms with Crippen LogP contribution < -0.4 is 14.8 Å². The molecule has 1 aliphatic rings. The molecule has 9 heteroatoms. The van der Waals surface area contributed by atoms with Crippen molar-refractivity contribution in [1.29, 1.82) is 5.26 Å². The van der Waals surface area contributed by atoms with Gasteiger partial charge in [0.25, 0.3) is 5.91 Å². The normalized spacial score (nSPS) is 16.8. The van der Waals surface area contributed by atoms with Crippen LogP contribution in [-0.4, -0.2) is 28.3 Å². The molecule has 1 aromatic heterocycles. The molecule has 0 radical (unpaired) electrons. The highest BCUT2D eigenvalue weighted by Crippen LogP contribution is 2.37. The third kappa shape index (κ3) is 4.63. The summed E-state index contributed by atoms with van der Waals surface area (Å²) in [6, 6.07) is 16.2. The van der Waals surface area contributed by atoms with Crippen LogP contribution in [0, 0.1) is 11.3 Å². The number of pyridine rings is 1. The van der Waals surface area contributed by atoms with Crippen LogP contribution in [-0.2, 0) is 4.79 Å². The van der Waals surface area contributed by atoms with Gasteiger partial charge in [0.05, 0.1) is 22.6 Å². The number of carbonyl (C=O) groups is 2. The Morgan fingerprint density at radius 3 is 2.62 bits per heavy atom. The fraction of sp³-hybridized carbons (Fsp3) is 0.130. The predicted octanol–water partition coefficient (Wildman–Crippen LogP) is 4.21. The summed E-state index contributed by atoms with van der Waals surface area (Å²) >= 11 is 5.79. The summed E-state index contributed by atoms with van der Waals surface area (Å²) in [7, 11) is 0. The minimum absolute atomic E-state index is 0.0711. The highest BCUT2D eigenvalue weighted by Gasteiger charge is 2.34. The van der Waals surface area contributed by atoms with Crippen molar-refractivity contribution in [3.63, 3.8) is 0 Å². The maximum atomic E-state index is 12.4. The lowest BCUT2D eigenvalue weighted by atomic mass is 9.91. The van der Waals surface area contributed by atoms with Gasteiger partial charge in [0.2, 0.25) is 6.29 Å². The molecule has 0 saturated heterocycles. The van der Waals surface area contributed by atoms with Crippen LogP contribution in [0.3, 0.4) is 0 Å². The van der Waals surface area contributed by atoms with Crippen molar-refractivity contribution in [2.75, 3.05) is 5.32 Å². The highest BCUT2D eigenvalue weighted by atomic mass is 35.5. The number of fused-ring (bicyclic) bond motifs is 1. The highest BCUT2D eigenvalue weighted by molar-refractivity contribution is 6.30. The first-order valence-corrected chi connectivity index (χ1v) is 9.94. The lowest BCUT2D eigenvalue weighted by Crippen LogP contribution is -2.33. The van der Waals surface area contributed by atoms with Gasteiger partial charge in [-0.15, -0.1) is 0 Å². The van der Waals surface area contributed by atoms with Crippen LogP contribution >= 0.6 is 11.6 Å². The average molecular weight is 450 g/mol. The van der Waals surface area contributed by atoms with Crippen molar-refractivity contribution in [3.8, 4) is 17.6 Å². The summed E-state index contributed by atoms with van der Waals surface area (Å²) in [6.07, 6.45) is 0.665. The van der Waals surface area contributed by atoms with E-state index in [0.717, 1.165) is 0 Å². The van der Waals surface area contributed by atoms with E-state index in [9.17, 15) is 14.7 Å². The van der Waals surface area contributed by atoms with E-state index >= 15 is 0 Å². The number of nitrogens with zero attached hydrogens (tertiary/aromatic N) is 2. The first-order valence-electron chi connectivity index (χ1n) is 9.56. The zero-order chi connectivity index (χ0) is 22.7. The maximum absolute atomic E-state index is 12.4. The lowest BCUT2D eigenvalue weighted by molar-refractivity contribution is -0.141. The van der Waals surface area contributed by atoms with Crippen molar-refractivity contribution in [2.45, 2.75) is 18.6 Å². The largest absolute Gasteiger partial charge is 0.481 e. The van der Waals surface area contributed by atoms with Crippen LogP contribution in [0.5, 0.6) is 11.5 Å². The number of nitriles is 1. The molecule has 0 bridgehead atoms. The van der Waals surface area contributed by atoms with E-state index in [1.54, 1.807) is 48.5 Å². The minimum Gasteiger partial charge on any atom is -0.481 e. The number of carboxylic acid groups (broad SMARTS) is 1. The quantitative estimate of drug-likeness (QED) is 0.598. The van der Waals surface area contributed by atoms with E-state index in [1.165, 1.54) is 12.3 Å². The molecule has 8 nitrogen and oxygen atoms in total. The Morgan fingerprint density at radius 2 is 1.97 bits per heavy atom. The van der Waals surface area contributed by atoms with E-state index in [0.29, 0.717) is 39.0 Å². The van der Waals surface area contributed by atoms with Gasteiger partial charge in [-0.05, 0) is 54.6 Å². The van der Waals surface area contributed by atoms with Gasteiger partial charge in [0, 0.05) is 23.7 Å². The molecule has 3 aromatic rings. The Balaban J connectivity index is 1.45. The number of ether oxygens (including phenoxy) is 2. The number of amides is 1. The average Bonchev–Trinajstić information content (AvgIpc) is 2.80. The molecule has 1 amide bonds. The van der Waals surface area contributed by atoms with E-state index in [4.69, 9.17) is 26.3 Å². The summed E-state index contributed by atoms with van der Waals surface area (Å²) in [5.74, 6) is -1.10. The van der Waals surface area contributed by atoms with Crippen LogP contribution in [0.2, 0.25) is 5.02 Å². The van der Waals surface area contributed by atoms with Crippen molar-refractivity contribution in [2.24, 2.45) is 0 Å². The molecule has 0 fully saturated rings. The second kappa shape index (κ2) is 8.96. The van der Waals surface area contributed by atoms with E-state index in [1.807, 2.05) is 6.07 Å². The fourth-order valence-corrected chi connectivity index (χ4v) is 3.40. The minimum atomic E-state index is -1.03. The summed E-state index contributed by atoms with van der Waals surface area (Å²) < 4.78 is 11.6. The van der Waals surface area contributed by atoms with Gasteiger partial charge in [-0.3, -0.25) is 9.59 Å². The molecule has 2 heterocycles. The van der Waals surface area contributed by atoms with Crippen LogP contribution in [0.25, 0.3) is 0 Å². The molecule has 2 aromatic carbocycles. The first kappa shape index (κ1) is 21.2. The summed E-state index contributed by atoms with van der Waals surface area (Å²) in [4.78, 5) is 28.1. The standard InChI is InChI=1S/C23H16ClN3O5/c24-15-4-8-20(26-12-15)27-22(28)14-2-5-16(6-3-14)31-21-10-18(23(29)30)17-9-13(11-25)1-7-19(17)32-21/h1-9,12,18,21H,10H2,(H,29,30)(H,26,27,28). The van der Waals surface area contributed by atoms with Gasteiger partial charge in [0.15, 0.2) is 0 Å². The number of hydrogen-bond acceptors (Lipinski definition) is 6. The third-order valence-corrected chi connectivity index (χ3v) is 5.08. The molecular formula is C23H16ClN3O5. The van der Waals surface area contributed by atoms with E-state index < -0.39 is 18.2 Å². The number of anilines is 1. The van der Waals surface area contributed by atoms with Gasteiger partial charge in [-0.1, -0.05) is 11.6 Å². The molecule has 0 spiro atoms. The number of aromatic nitrogens is 1. The SMILES string of the molecule is N#Cc1ccc2c(c1)C(C(=O)O)CC(Oc1ccc(C(=O)Nc3ccc(Cl)cn3)cc1)O2. The van der Waals surface area contributed by atoms with Crippen LogP contribution in [0.15, 0.2) is 60.8 Å². The lowest BCUT2D eigenvalue weighted by Gasteiger charge is -2.30. The Labute approximate surface area is 188 Å². The summed E-state index contributed by atoms with van der Waals surface area (Å²) in [6.45, 7) is 0. The van der Waals surface area contributed by atoms with Gasteiger partial charge < -0.3 is 19.9 Å². The molecule has 2 N–H and O–H groups in total. The first-order chi connectivity index (χ1) is 15.4. The van der Waals surface area contributed by atoms with Gasteiger partial charge in [-0.25, -0.2) is 4.98 Å². The number of nitrogens with one attached hydrogen (secondary N) is 1. The summed E-state index contributed by atoms with van der Waals surface area (Å²) in [5.41, 5.74) is 1.19. The van der Waals surface area contributed by atoms with Crippen molar-refractivity contribution >= 4 is 29.3 Å². The number of halogens is 1. The van der Waals surface area contributed by atoms with Crippen LogP contribution in [0.4, 0.5) is 5.82 Å². The number of carboxylic acids is 1. The third-order valence-electron chi connectivity index (χ3n) is 4.85. The molecule has 160 valence electrons. The molecule has 1 aliphatic heterocycles. The van der Waals surface area contributed by atoms with Crippen molar-refractivity contribution in [1.82, 2.24) is 4.98 Å². The smallest absolute Gasteiger partial charge is 0.311 e. The number of aliphatic carboxylic acids is 1. The number of carbonyl (C=O) groups excluding carboxylic acids is 1. The second-order valence-electron chi connectivity index (χ2n) is 7.00. The fourth-order valence-electron chi connectivity index (χ4n) is 3.29. The number of benzene rings is 2. The van der Waals surface area contributed by atoms with Gasteiger partial charge >= 0.3 is 5.97 Å². The van der Waals surface area contributed by atoms with Crippen LogP contribution in [0.1, 0.15) is 33.8 Å². The van der Waals surface area contributed by atoms with Gasteiger partial charge in [-0.2, -0.15) is 5.26 Å². The Kier molecular flexibility index (Phi) is 5.92. The Hall–Kier alpha value is -4.09. The Bertz CT molecular complexity index is 1210. The number of rotatable bonds is 5. The predicted molar refractivity (Wildman–Crippen MR) is 115 cm³/mol. The maximum Gasteiger partial charge on any atom is 0.311 e. The Morgan fingerprint density at radius 1 is 1.19 bits per heavy atom. The van der Waals surface area contributed by atoms with Crippen molar-refractivity contribution < 1.29 is 24.2 Å². The second-order valence-corrected chi connectivity index (χ2v) is 7.43. The van der Waals surface area contributed by atoms with E-state index in [2.05, 4.69) is 10.3 Å². The zero-order valence-electron chi connectivity index (χ0n) is 16.5. The topological polar surface area (TPSA) is 122 Å². The molecule has 0 aliphatic carbocycles. The zero-order valence-corrected chi connectivity index (χ0v) is 17.2. The molecule has 2 unspecified atom stereocenters. The monoisotopic (exact) mass is 449 g/mol. The molecule has 4 rings (SSSR count). The number of hydrogen-bond donors (Lipinski definition) is 2.